The molecular formula is C26H27NO3Si. The molecule has 0 unspecified atom stereocenters. The highest BCUT2D eigenvalue weighted by Crippen LogP contribution is 2.63. The van der Waals surface area contributed by atoms with Crippen LogP contribution >= 0.6 is 0 Å². The molecular weight excluding hydrogens is 402 g/mol. The molecule has 3 aliphatic rings. The molecule has 1 saturated heterocycles. The van der Waals surface area contributed by atoms with Crippen molar-refractivity contribution in [1.82, 2.24) is 4.57 Å². The van der Waals surface area contributed by atoms with Crippen molar-refractivity contribution >= 4 is 29.8 Å². The molecule has 0 amide bonds. The summed E-state index contributed by atoms with van der Waals surface area (Å²) in [6.45, 7) is 7.50. The van der Waals surface area contributed by atoms with E-state index in [2.05, 4.69) is 50.3 Å². The Morgan fingerprint density at radius 2 is 1.71 bits per heavy atom. The number of carbonyl (C=O) groups excluding carboxylic acids is 1. The first kappa shape index (κ1) is 19.2. The van der Waals surface area contributed by atoms with Gasteiger partial charge in [-0.15, -0.1) is 0 Å². The summed E-state index contributed by atoms with van der Waals surface area (Å²) in [4.78, 5) is 26.8. The number of hydrogen-bond donors (Lipinski definition) is 0. The number of ether oxygens (including phenoxy) is 1. The van der Waals surface area contributed by atoms with Crippen LogP contribution in [0.2, 0.25) is 13.1 Å². The molecule has 4 bridgehead atoms. The molecule has 6 rings (SSSR count). The minimum Gasteiger partial charge on any atom is -0.372 e. The lowest BCUT2D eigenvalue weighted by molar-refractivity contribution is -0.135. The predicted octanol–water partition coefficient (Wildman–Crippen LogP) is 3.72. The maximum absolute atomic E-state index is 13.9. The van der Waals surface area contributed by atoms with Gasteiger partial charge in [0.05, 0.1) is 26.3 Å². The minimum absolute atomic E-state index is 0.0187. The van der Waals surface area contributed by atoms with Crippen molar-refractivity contribution in [3.8, 4) is 0 Å². The monoisotopic (exact) mass is 429 g/mol. The fourth-order valence-electron chi connectivity index (χ4n) is 6.97. The standard InChI is InChI=1S/C26H27NO3Si/c1-25-21-14-18(28)15-22(25)27-23(13-17-9-7-8-12-20(17)24(27)29)26(21,16-30-25)31(2,3)19-10-5-4-6-11-19/h4-13,21-22H,14-16H2,1-3H3/t21-,22+,25-,26-/m1/s1. The van der Waals surface area contributed by atoms with Crippen molar-refractivity contribution in [3.63, 3.8) is 0 Å². The molecule has 0 N–H and O–H groups in total. The summed E-state index contributed by atoms with van der Waals surface area (Å²) in [7, 11) is -2.24. The SMILES string of the molecule is C[C@]12OC[C@]3([Si](C)(C)c4ccccc4)c4cc5ccccc5c(=O)n4[C@H]1CC(=O)C[C@H]23. The van der Waals surface area contributed by atoms with Gasteiger partial charge < -0.3 is 9.30 Å². The summed E-state index contributed by atoms with van der Waals surface area (Å²) in [6.07, 6.45) is 0.916. The van der Waals surface area contributed by atoms with Gasteiger partial charge in [0.25, 0.3) is 5.56 Å². The smallest absolute Gasteiger partial charge is 0.259 e. The molecule has 2 aromatic carbocycles. The third kappa shape index (κ3) is 2.18. The van der Waals surface area contributed by atoms with Gasteiger partial charge in [0.2, 0.25) is 0 Å². The van der Waals surface area contributed by atoms with Crippen LogP contribution in [0.15, 0.2) is 65.5 Å². The summed E-state index contributed by atoms with van der Waals surface area (Å²) in [5.74, 6) is 0.347. The van der Waals surface area contributed by atoms with E-state index in [1.54, 1.807) is 0 Å². The topological polar surface area (TPSA) is 48.3 Å². The van der Waals surface area contributed by atoms with E-state index < -0.39 is 13.7 Å². The molecule has 3 aromatic rings. The van der Waals surface area contributed by atoms with Crippen molar-refractivity contribution < 1.29 is 9.53 Å². The molecule has 1 aromatic heterocycles. The third-order valence-corrected chi connectivity index (χ3v) is 13.5. The quantitative estimate of drug-likeness (QED) is 0.584. The zero-order chi connectivity index (χ0) is 21.6. The largest absolute Gasteiger partial charge is 0.372 e. The van der Waals surface area contributed by atoms with E-state index in [1.165, 1.54) is 5.19 Å². The average Bonchev–Trinajstić information content (AvgIpc) is 3.02. The first-order valence-electron chi connectivity index (χ1n) is 11.2. The van der Waals surface area contributed by atoms with Crippen LogP contribution in [0.1, 0.15) is 31.5 Å². The van der Waals surface area contributed by atoms with Crippen molar-refractivity contribution in [2.24, 2.45) is 5.92 Å². The number of rotatable bonds is 2. The van der Waals surface area contributed by atoms with Gasteiger partial charge in [-0.1, -0.05) is 66.8 Å². The van der Waals surface area contributed by atoms with Crippen LogP contribution in [0.3, 0.4) is 0 Å². The van der Waals surface area contributed by atoms with Gasteiger partial charge in [-0.25, -0.2) is 0 Å². The van der Waals surface area contributed by atoms with E-state index in [0.29, 0.717) is 19.4 Å². The van der Waals surface area contributed by atoms with E-state index in [9.17, 15) is 9.59 Å². The number of pyridine rings is 1. The second kappa shape index (κ2) is 6.05. The Hall–Kier alpha value is -2.50. The molecule has 31 heavy (non-hydrogen) atoms. The molecule has 0 spiro atoms. The molecule has 2 aliphatic heterocycles. The molecule has 4 nitrogen and oxygen atoms in total. The molecule has 2 fully saturated rings. The third-order valence-electron chi connectivity index (χ3n) is 8.75. The fraction of sp³-hybridized carbons (Fsp3) is 0.385. The van der Waals surface area contributed by atoms with Crippen LogP contribution in [0.4, 0.5) is 0 Å². The number of fused-ring (bicyclic) bond motifs is 4. The van der Waals surface area contributed by atoms with E-state index in [1.807, 2.05) is 34.9 Å². The van der Waals surface area contributed by atoms with E-state index in [-0.39, 0.29) is 28.3 Å². The van der Waals surface area contributed by atoms with Gasteiger partial charge in [-0.2, -0.15) is 0 Å². The van der Waals surface area contributed by atoms with Crippen LogP contribution < -0.4 is 10.7 Å². The Kier molecular flexibility index (Phi) is 3.75. The maximum Gasteiger partial charge on any atom is 0.259 e. The summed E-state index contributed by atoms with van der Waals surface area (Å²) < 4.78 is 8.65. The average molecular weight is 430 g/mol. The van der Waals surface area contributed by atoms with Crippen molar-refractivity contribution in [3.05, 3.63) is 76.7 Å². The van der Waals surface area contributed by atoms with E-state index in [0.717, 1.165) is 16.5 Å². The number of nitrogens with zero attached hydrogens (tertiary/aromatic N) is 1. The summed E-state index contributed by atoms with van der Waals surface area (Å²) in [6, 6.07) is 20.5. The second-order valence-electron chi connectivity index (χ2n) is 10.2. The van der Waals surface area contributed by atoms with Gasteiger partial charge >= 0.3 is 0 Å². The molecule has 0 radical (unpaired) electrons. The number of Topliss-reactive ketones (excluding diaryl/α,β-unsaturated/α-hetero) is 1. The first-order chi connectivity index (χ1) is 14.8. The molecule has 1 saturated carbocycles. The predicted molar refractivity (Wildman–Crippen MR) is 125 cm³/mol. The lowest BCUT2D eigenvalue weighted by Crippen LogP contribution is -2.70. The van der Waals surface area contributed by atoms with Crippen molar-refractivity contribution in [1.29, 1.82) is 0 Å². The summed E-state index contributed by atoms with van der Waals surface area (Å²) >= 11 is 0. The van der Waals surface area contributed by atoms with Gasteiger partial charge in [0.15, 0.2) is 0 Å². The van der Waals surface area contributed by atoms with Crippen LogP contribution in [-0.4, -0.2) is 30.6 Å². The van der Waals surface area contributed by atoms with Gasteiger partial charge in [-0.05, 0) is 24.4 Å². The van der Waals surface area contributed by atoms with Gasteiger partial charge in [0, 0.05) is 34.9 Å². The zero-order valence-corrected chi connectivity index (χ0v) is 19.2. The molecule has 3 heterocycles. The van der Waals surface area contributed by atoms with E-state index >= 15 is 0 Å². The second-order valence-corrected chi connectivity index (χ2v) is 15.0. The Balaban J connectivity index is 1.76. The normalized spacial score (nSPS) is 31.6. The highest BCUT2D eigenvalue weighted by molar-refractivity contribution is 6.92. The number of aromatic nitrogens is 1. The summed E-state index contributed by atoms with van der Waals surface area (Å²) in [5, 5.41) is 2.71. The Labute approximate surface area is 182 Å². The van der Waals surface area contributed by atoms with Gasteiger partial charge in [0.1, 0.15) is 5.78 Å². The van der Waals surface area contributed by atoms with E-state index in [4.69, 9.17) is 4.74 Å². The summed E-state index contributed by atoms with van der Waals surface area (Å²) in [5.41, 5.74) is 0.617. The number of hydrogen-bond acceptors (Lipinski definition) is 3. The fourth-order valence-corrected chi connectivity index (χ4v) is 11.0. The van der Waals surface area contributed by atoms with Crippen LogP contribution in [-0.2, 0) is 14.6 Å². The first-order valence-corrected chi connectivity index (χ1v) is 14.2. The lowest BCUT2D eigenvalue weighted by Gasteiger charge is -2.56. The Bertz CT molecular complexity index is 1300. The maximum atomic E-state index is 13.9. The van der Waals surface area contributed by atoms with Crippen LogP contribution in [0.5, 0.6) is 0 Å². The zero-order valence-electron chi connectivity index (χ0n) is 18.2. The molecule has 1 aliphatic carbocycles. The van der Waals surface area contributed by atoms with Gasteiger partial charge in [-0.3, -0.25) is 9.59 Å². The number of ketones is 1. The number of benzene rings is 2. The van der Waals surface area contributed by atoms with Crippen molar-refractivity contribution in [2.45, 2.75) is 49.5 Å². The minimum atomic E-state index is -2.24. The highest BCUT2D eigenvalue weighted by Gasteiger charge is 2.71. The molecule has 158 valence electrons. The highest BCUT2D eigenvalue weighted by atomic mass is 28.3. The molecule has 4 atom stereocenters. The lowest BCUT2D eigenvalue weighted by atomic mass is 9.64. The Morgan fingerprint density at radius 3 is 2.48 bits per heavy atom. The van der Waals surface area contributed by atoms with Crippen molar-refractivity contribution in [2.75, 3.05) is 6.61 Å². The Morgan fingerprint density at radius 1 is 1.00 bits per heavy atom. The molecule has 5 heteroatoms. The van der Waals surface area contributed by atoms with Crippen LogP contribution in [0, 0.1) is 5.92 Å². The van der Waals surface area contributed by atoms with Crippen LogP contribution in [0.25, 0.3) is 10.8 Å². The number of carbonyl (C=O) groups is 1.